The molecule has 1 unspecified atom stereocenters. The largest absolute Gasteiger partial charge is 0.433 e. The van der Waals surface area contributed by atoms with Gasteiger partial charge in [0.25, 0.3) is 5.91 Å². The molecule has 4 rings (SSSR count). The van der Waals surface area contributed by atoms with Crippen molar-refractivity contribution in [2.75, 3.05) is 5.32 Å². The number of fused-ring (bicyclic) bond motifs is 3. The fraction of sp³-hybridized carbons (Fsp3) is 0.200. The normalized spacial score (nSPS) is 17.3. The first-order chi connectivity index (χ1) is 11.7. The number of nitrogens with zero attached hydrogens (tertiary/aromatic N) is 1. The van der Waals surface area contributed by atoms with E-state index in [0.29, 0.717) is 21.5 Å². The number of aromatic nitrogens is 1. The van der Waals surface area contributed by atoms with Gasteiger partial charge in [0.2, 0.25) is 0 Å². The van der Waals surface area contributed by atoms with Crippen LogP contribution >= 0.6 is 38.6 Å². The van der Waals surface area contributed by atoms with Gasteiger partial charge in [-0.1, -0.05) is 0 Å². The number of nitrogens with one attached hydrogen (secondary N) is 2. The maximum absolute atomic E-state index is 13.0. The minimum Gasteiger partial charge on any atom is -0.359 e. The standard InChI is InChI=1S/C15H9BrF3N3OS2/c1-5-2-8(15(17,18)19)20-14-9(5)10-11(25-14)13(23)22-12(21-10)7-3-6(16)4-24-7/h2-4,12,21H,1H3,(H,22,23). The third-order valence-corrected chi connectivity index (χ3v) is 6.63. The van der Waals surface area contributed by atoms with E-state index in [1.807, 2.05) is 11.4 Å². The predicted molar refractivity (Wildman–Crippen MR) is 95.2 cm³/mol. The number of thiophene rings is 2. The molecular formula is C15H9BrF3N3OS2. The molecule has 130 valence electrons. The zero-order chi connectivity index (χ0) is 17.9. The monoisotopic (exact) mass is 447 g/mol. The van der Waals surface area contributed by atoms with E-state index >= 15 is 0 Å². The molecule has 4 heterocycles. The van der Waals surface area contributed by atoms with Crippen LogP contribution in [-0.2, 0) is 6.18 Å². The zero-order valence-electron chi connectivity index (χ0n) is 12.5. The van der Waals surface area contributed by atoms with Crippen molar-refractivity contribution in [3.05, 3.63) is 43.0 Å². The van der Waals surface area contributed by atoms with Gasteiger partial charge in [0.1, 0.15) is 21.6 Å². The topological polar surface area (TPSA) is 54.0 Å². The highest BCUT2D eigenvalue weighted by Crippen LogP contribution is 2.43. The Hall–Kier alpha value is -1.65. The first-order valence-corrected chi connectivity index (χ1v) is 9.55. The summed E-state index contributed by atoms with van der Waals surface area (Å²) in [5.41, 5.74) is 0.0235. The molecule has 0 saturated carbocycles. The minimum atomic E-state index is -4.52. The lowest BCUT2D eigenvalue weighted by molar-refractivity contribution is -0.141. The first-order valence-electron chi connectivity index (χ1n) is 7.06. The fourth-order valence-corrected chi connectivity index (χ4v) is 5.29. The van der Waals surface area contributed by atoms with E-state index in [4.69, 9.17) is 0 Å². The number of anilines is 1. The van der Waals surface area contributed by atoms with Crippen molar-refractivity contribution in [2.45, 2.75) is 19.3 Å². The van der Waals surface area contributed by atoms with E-state index in [1.165, 1.54) is 11.3 Å². The van der Waals surface area contributed by atoms with Gasteiger partial charge in [0.05, 0.1) is 5.69 Å². The number of hydrogen-bond acceptors (Lipinski definition) is 5. The van der Waals surface area contributed by atoms with Crippen molar-refractivity contribution >= 4 is 60.4 Å². The number of pyridine rings is 1. The summed E-state index contributed by atoms with van der Waals surface area (Å²) in [4.78, 5) is 17.6. The van der Waals surface area contributed by atoms with Crippen molar-refractivity contribution < 1.29 is 18.0 Å². The molecule has 0 saturated heterocycles. The number of rotatable bonds is 1. The van der Waals surface area contributed by atoms with Gasteiger partial charge < -0.3 is 10.6 Å². The smallest absolute Gasteiger partial charge is 0.359 e. The second-order valence-electron chi connectivity index (χ2n) is 5.53. The molecule has 4 nitrogen and oxygen atoms in total. The Morgan fingerprint density at radius 2 is 2.04 bits per heavy atom. The first kappa shape index (κ1) is 16.8. The highest BCUT2D eigenvalue weighted by molar-refractivity contribution is 9.10. The molecule has 0 bridgehead atoms. The third kappa shape index (κ3) is 2.81. The number of carbonyl (C=O) groups excluding carboxylic acids is 1. The van der Waals surface area contributed by atoms with Gasteiger partial charge in [-0.2, -0.15) is 13.2 Å². The maximum atomic E-state index is 13.0. The van der Waals surface area contributed by atoms with Gasteiger partial charge in [-0.15, -0.1) is 22.7 Å². The van der Waals surface area contributed by atoms with Crippen LogP contribution in [0.15, 0.2) is 22.0 Å². The predicted octanol–water partition coefficient (Wildman–Crippen LogP) is 5.30. The number of halogens is 4. The van der Waals surface area contributed by atoms with E-state index < -0.39 is 18.0 Å². The quantitative estimate of drug-likeness (QED) is 0.531. The van der Waals surface area contributed by atoms with Crippen LogP contribution in [-0.4, -0.2) is 10.9 Å². The Bertz CT molecular complexity index is 1010. The Kier molecular flexibility index (Phi) is 3.82. The number of amides is 1. The lowest BCUT2D eigenvalue weighted by Crippen LogP contribution is -2.37. The van der Waals surface area contributed by atoms with Crippen LogP contribution in [0.5, 0.6) is 0 Å². The molecule has 1 aliphatic heterocycles. The molecule has 1 aliphatic rings. The van der Waals surface area contributed by atoms with Crippen LogP contribution in [0.1, 0.15) is 32.0 Å². The van der Waals surface area contributed by atoms with Gasteiger partial charge in [-0.25, -0.2) is 4.98 Å². The fourth-order valence-electron chi connectivity index (χ4n) is 2.72. The number of hydrogen-bond donors (Lipinski definition) is 2. The van der Waals surface area contributed by atoms with Crippen LogP contribution in [0.4, 0.5) is 18.9 Å². The van der Waals surface area contributed by atoms with Crippen LogP contribution in [0.25, 0.3) is 10.2 Å². The Labute approximate surface area is 156 Å². The molecule has 0 fully saturated rings. The van der Waals surface area contributed by atoms with E-state index in [1.54, 1.807) is 6.92 Å². The maximum Gasteiger partial charge on any atom is 0.433 e. The van der Waals surface area contributed by atoms with Crippen LogP contribution in [0.3, 0.4) is 0 Å². The summed E-state index contributed by atoms with van der Waals surface area (Å²) in [7, 11) is 0. The van der Waals surface area contributed by atoms with Crippen LogP contribution in [0, 0.1) is 6.92 Å². The molecule has 25 heavy (non-hydrogen) atoms. The summed E-state index contributed by atoms with van der Waals surface area (Å²) in [5, 5.41) is 8.51. The zero-order valence-corrected chi connectivity index (χ0v) is 15.7. The van der Waals surface area contributed by atoms with Gasteiger partial charge in [0, 0.05) is 20.1 Å². The van der Waals surface area contributed by atoms with Crippen LogP contribution < -0.4 is 10.6 Å². The summed E-state index contributed by atoms with van der Waals surface area (Å²) in [5.74, 6) is -0.320. The van der Waals surface area contributed by atoms with Crippen molar-refractivity contribution in [1.29, 1.82) is 0 Å². The number of carbonyl (C=O) groups is 1. The molecule has 10 heteroatoms. The second kappa shape index (κ2) is 5.68. The molecule has 0 spiro atoms. The van der Waals surface area contributed by atoms with E-state index in [2.05, 4.69) is 31.5 Å². The average molecular weight is 448 g/mol. The highest BCUT2D eigenvalue weighted by atomic mass is 79.9. The lowest BCUT2D eigenvalue weighted by atomic mass is 10.1. The summed E-state index contributed by atoms with van der Waals surface area (Å²) in [6, 6.07) is 2.90. The van der Waals surface area contributed by atoms with Gasteiger partial charge in [-0.05, 0) is 40.5 Å². The molecule has 3 aromatic rings. The van der Waals surface area contributed by atoms with Gasteiger partial charge in [-0.3, -0.25) is 4.79 Å². The van der Waals surface area contributed by atoms with Crippen molar-refractivity contribution in [2.24, 2.45) is 0 Å². The molecule has 0 aromatic carbocycles. The highest BCUT2D eigenvalue weighted by Gasteiger charge is 2.35. The Morgan fingerprint density at radius 1 is 1.28 bits per heavy atom. The SMILES string of the molecule is Cc1cc(C(F)(F)F)nc2sc3c(c12)NC(c1cc(Br)cs1)NC3=O. The lowest BCUT2D eigenvalue weighted by Gasteiger charge is -2.25. The molecule has 1 atom stereocenters. The summed E-state index contributed by atoms with van der Waals surface area (Å²) in [6.45, 7) is 1.59. The average Bonchev–Trinajstić information content (AvgIpc) is 3.10. The van der Waals surface area contributed by atoms with Crippen molar-refractivity contribution in [1.82, 2.24) is 10.3 Å². The molecular weight excluding hydrogens is 439 g/mol. The number of aryl methyl sites for hydroxylation is 1. The summed E-state index contributed by atoms with van der Waals surface area (Å²) >= 11 is 5.80. The van der Waals surface area contributed by atoms with Crippen molar-refractivity contribution in [3.63, 3.8) is 0 Å². The van der Waals surface area contributed by atoms with Crippen LogP contribution in [0.2, 0.25) is 0 Å². The second-order valence-corrected chi connectivity index (χ2v) is 8.38. The molecule has 1 amide bonds. The minimum absolute atomic E-state index is 0.202. The molecule has 0 aliphatic carbocycles. The van der Waals surface area contributed by atoms with Gasteiger partial charge >= 0.3 is 6.18 Å². The molecule has 0 radical (unpaired) electrons. The van der Waals surface area contributed by atoms with Gasteiger partial charge in [0.15, 0.2) is 0 Å². The van der Waals surface area contributed by atoms with Crippen molar-refractivity contribution in [3.8, 4) is 0 Å². The summed E-state index contributed by atoms with van der Waals surface area (Å²) in [6.07, 6.45) is -4.96. The Morgan fingerprint density at radius 3 is 2.68 bits per heavy atom. The number of alkyl halides is 3. The van der Waals surface area contributed by atoms with E-state index in [9.17, 15) is 18.0 Å². The summed E-state index contributed by atoms with van der Waals surface area (Å²) < 4.78 is 39.9. The molecule has 3 aromatic heterocycles. The Balaban J connectivity index is 1.85. The molecule has 2 N–H and O–H groups in total. The van der Waals surface area contributed by atoms with E-state index in [0.717, 1.165) is 26.8 Å². The van der Waals surface area contributed by atoms with E-state index in [-0.39, 0.29) is 10.7 Å². The third-order valence-electron chi connectivity index (χ3n) is 3.79.